The molecule has 1 N–H and O–H groups in total. The van der Waals surface area contributed by atoms with Crippen molar-refractivity contribution in [3.8, 4) is 5.69 Å². The zero-order valence-electron chi connectivity index (χ0n) is 9.60. The lowest BCUT2D eigenvalue weighted by atomic mass is 10.2. The summed E-state index contributed by atoms with van der Waals surface area (Å²) in [7, 11) is 0. The average molecular weight is 296 g/mol. The van der Waals surface area contributed by atoms with E-state index in [1.165, 1.54) is 0 Å². The lowest BCUT2D eigenvalue weighted by Crippen LogP contribution is -1.98. The molecule has 90 valence electrons. The van der Waals surface area contributed by atoms with Crippen LogP contribution in [-0.2, 0) is 6.42 Å². The molecule has 1 aromatic heterocycles. The molecule has 0 saturated carbocycles. The second-order valence-electron chi connectivity index (χ2n) is 3.87. The molecule has 0 bridgehead atoms. The van der Waals surface area contributed by atoms with E-state index in [4.69, 9.17) is 5.11 Å². The Kier molecular flexibility index (Phi) is 3.91. The van der Waals surface area contributed by atoms with Crippen LogP contribution >= 0.6 is 15.9 Å². The summed E-state index contributed by atoms with van der Waals surface area (Å²) < 4.78 is 2.83. The number of hydrogen-bond donors (Lipinski definition) is 1. The van der Waals surface area contributed by atoms with Gasteiger partial charge in [-0.15, -0.1) is 5.10 Å². The Hall–Kier alpha value is -1.20. The van der Waals surface area contributed by atoms with Gasteiger partial charge >= 0.3 is 0 Å². The summed E-state index contributed by atoms with van der Waals surface area (Å²) in [6.07, 6.45) is 3.38. The molecule has 0 spiro atoms. The molecule has 1 aromatic carbocycles. The Morgan fingerprint density at radius 1 is 1.41 bits per heavy atom. The molecule has 0 atom stereocenters. The first-order chi connectivity index (χ1) is 8.22. The molecule has 2 aromatic rings. The quantitative estimate of drug-likeness (QED) is 0.941. The first-order valence-corrected chi connectivity index (χ1v) is 6.29. The summed E-state index contributed by atoms with van der Waals surface area (Å²) in [5.41, 5.74) is 3.05. The van der Waals surface area contributed by atoms with Gasteiger partial charge in [0.15, 0.2) is 0 Å². The van der Waals surface area contributed by atoms with Crippen molar-refractivity contribution in [1.82, 2.24) is 15.0 Å². The Morgan fingerprint density at radius 2 is 2.24 bits per heavy atom. The van der Waals surface area contributed by atoms with E-state index in [1.54, 1.807) is 4.68 Å². The number of aryl methyl sites for hydroxylation is 1. The van der Waals surface area contributed by atoms with Crippen molar-refractivity contribution in [2.24, 2.45) is 0 Å². The van der Waals surface area contributed by atoms with E-state index in [1.807, 2.05) is 31.3 Å². The van der Waals surface area contributed by atoms with Crippen molar-refractivity contribution >= 4 is 15.9 Å². The Balaban J connectivity index is 2.27. The number of aliphatic hydroxyl groups excluding tert-OH is 1. The maximum Gasteiger partial charge on any atom is 0.0832 e. The number of aromatic nitrogens is 3. The van der Waals surface area contributed by atoms with Crippen LogP contribution in [0, 0.1) is 6.92 Å². The minimum absolute atomic E-state index is 0.183. The first kappa shape index (κ1) is 12.3. The third-order valence-corrected chi connectivity index (χ3v) is 3.48. The lowest BCUT2D eigenvalue weighted by Gasteiger charge is -2.05. The molecule has 5 heteroatoms. The third-order valence-electron chi connectivity index (χ3n) is 2.62. The average Bonchev–Trinajstić information content (AvgIpc) is 2.78. The molecule has 0 fully saturated rings. The minimum Gasteiger partial charge on any atom is -0.396 e. The minimum atomic E-state index is 0.183. The number of nitrogens with zero attached hydrogens (tertiary/aromatic N) is 3. The van der Waals surface area contributed by atoms with Crippen LogP contribution in [0.3, 0.4) is 0 Å². The highest BCUT2D eigenvalue weighted by Gasteiger charge is 2.06. The molecule has 0 unspecified atom stereocenters. The van der Waals surface area contributed by atoms with Crippen LogP contribution in [-0.4, -0.2) is 26.7 Å². The number of aliphatic hydroxyl groups is 1. The van der Waals surface area contributed by atoms with Gasteiger partial charge in [0.25, 0.3) is 0 Å². The molecule has 0 radical (unpaired) electrons. The van der Waals surface area contributed by atoms with Gasteiger partial charge in [0.1, 0.15) is 0 Å². The maximum absolute atomic E-state index is 8.77. The predicted octanol–water partition coefficient (Wildman–Crippen LogP) is 2.26. The summed E-state index contributed by atoms with van der Waals surface area (Å²) >= 11 is 3.50. The standard InChI is InChI=1S/C12H14BrN3O/c1-9-11(13)5-2-6-12(9)16-8-10(14-15-16)4-3-7-17/h2,5-6,8,17H,3-4,7H2,1H3. The Labute approximate surface area is 108 Å². The van der Waals surface area contributed by atoms with Crippen molar-refractivity contribution in [2.75, 3.05) is 6.61 Å². The van der Waals surface area contributed by atoms with Crippen molar-refractivity contribution < 1.29 is 5.11 Å². The second kappa shape index (κ2) is 5.42. The van der Waals surface area contributed by atoms with E-state index in [9.17, 15) is 0 Å². The van der Waals surface area contributed by atoms with E-state index in [2.05, 4.69) is 26.2 Å². The topological polar surface area (TPSA) is 50.9 Å². The molecule has 0 aliphatic carbocycles. The fraction of sp³-hybridized carbons (Fsp3) is 0.333. The zero-order valence-corrected chi connectivity index (χ0v) is 11.2. The highest BCUT2D eigenvalue weighted by Crippen LogP contribution is 2.22. The Morgan fingerprint density at radius 3 is 3.00 bits per heavy atom. The van der Waals surface area contributed by atoms with Crippen molar-refractivity contribution in [3.63, 3.8) is 0 Å². The largest absolute Gasteiger partial charge is 0.396 e. The van der Waals surface area contributed by atoms with Gasteiger partial charge in [-0.3, -0.25) is 0 Å². The van der Waals surface area contributed by atoms with Gasteiger partial charge in [0.2, 0.25) is 0 Å². The number of halogens is 1. The molecule has 4 nitrogen and oxygen atoms in total. The van der Waals surface area contributed by atoms with Crippen LogP contribution in [0.4, 0.5) is 0 Å². The molecular weight excluding hydrogens is 282 g/mol. The van der Waals surface area contributed by atoms with Crippen molar-refractivity contribution in [2.45, 2.75) is 19.8 Å². The van der Waals surface area contributed by atoms with Gasteiger partial charge in [-0.25, -0.2) is 4.68 Å². The van der Waals surface area contributed by atoms with Crippen LogP contribution < -0.4 is 0 Å². The summed E-state index contributed by atoms with van der Waals surface area (Å²) in [4.78, 5) is 0. The van der Waals surface area contributed by atoms with E-state index in [0.29, 0.717) is 0 Å². The normalized spacial score (nSPS) is 10.8. The van der Waals surface area contributed by atoms with E-state index in [0.717, 1.165) is 34.3 Å². The van der Waals surface area contributed by atoms with Gasteiger partial charge in [0, 0.05) is 11.1 Å². The zero-order chi connectivity index (χ0) is 12.3. The Bertz CT molecular complexity index is 510. The number of hydrogen-bond acceptors (Lipinski definition) is 3. The SMILES string of the molecule is Cc1c(Br)cccc1-n1cc(CCCO)nn1. The van der Waals surface area contributed by atoms with Crippen molar-refractivity contribution in [1.29, 1.82) is 0 Å². The molecule has 17 heavy (non-hydrogen) atoms. The van der Waals surface area contributed by atoms with Crippen LogP contribution in [0.1, 0.15) is 17.7 Å². The summed E-state index contributed by atoms with van der Waals surface area (Å²) in [6.45, 7) is 2.22. The monoisotopic (exact) mass is 295 g/mol. The highest BCUT2D eigenvalue weighted by molar-refractivity contribution is 9.10. The summed E-state index contributed by atoms with van der Waals surface area (Å²) in [5, 5.41) is 17.0. The van der Waals surface area contributed by atoms with E-state index < -0.39 is 0 Å². The number of benzene rings is 1. The van der Waals surface area contributed by atoms with Crippen LogP contribution in [0.5, 0.6) is 0 Å². The molecular formula is C12H14BrN3O. The van der Waals surface area contributed by atoms with E-state index in [-0.39, 0.29) is 6.61 Å². The summed E-state index contributed by atoms with van der Waals surface area (Å²) in [5.74, 6) is 0. The first-order valence-electron chi connectivity index (χ1n) is 5.50. The smallest absolute Gasteiger partial charge is 0.0832 e. The van der Waals surface area contributed by atoms with Gasteiger partial charge in [-0.2, -0.15) is 0 Å². The molecule has 0 aliphatic heterocycles. The summed E-state index contributed by atoms with van der Waals surface area (Å²) in [6, 6.07) is 5.98. The van der Waals surface area contributed by atoms with Crippen LogP contribution in [0.15, 0.2) is 28.9 Å². The lowest BCUT2D eigenvalue weighted by molar-refractivity contribution is 0.288. The van der Waals surface area contributed by atoms with Gasteiger partial charge < -0.3 is 5.11 Å². The fourth-order valence-electron chi connectivity index (χ4n) is 1.64. The molecule has 0 saturated heterocycles. The van der Waals surface area contributed by atoms with Gasteiger partial charge in [0.05, 0.1) is 17.6 Å². The highest BCUT2D eigenvalue weighted by atomic mass is 79.9. The van der Waals surface area contributed by atoms with Crippen LogP contribution in [0.2, 0.25) is 0 Å². The number of rotatable bonds is 4. The van der Waals surface area contributed by atoms with Gasteiger partial charge in [-0.1, -0.05) is 27.2 Å². The molecule has 0 amide bonds. The van der Waals surface area contributed by atoms with Gasteiger partial charge in [-0.05, 0) is 37.5 Å². The molecule has 1 heterocycles. The van der Waals surface area contributed by atoms with E-state index >= 15 is 0 Å². The third kappa shape index (κ3) is 2.73. The predicted molar refractivity (Wildman–Crippen MR) is 69.2 cm³/mol. The fourth-order valence-corrected chi connectivity index (χ4v) is 1.99. The second-order valence-corrected chi connectivity index (χ2v) is 4.72. The maximum atomic E-state index is 8.77. The van der Waals surface area contributed by atoms with Crippen LogP contribution in [0.25, 0.3) is 5.69 Å². The molecule has 2 rings (SSSR count). The molecule has 0 aliphatic rings. The van der Waals surface area contributed by atoms with Crippen molar-refractivity contribution in [3.05, 3.63) is 40.1 Å².